The molecule has 1 aromatic rings. The Bertz CT molecular complexity index is 538. The van der Waals surface area contributed by atoms with Crippen LogP contribution in [0.25, 0.3) is 0 Å². The summed E-state index contributed by atoms with van der Waals surface area (Å²) < 4.78 is 9.81. The Morgan fingerprint density at radius 1 is 1.20 bits per heavy atom. The third-order valence-corrected chi connectivity index (χ3v) is 4.99. The Morgan fingerprint density at radius 2 is 1.96 bits per heavy atom. The van der Waals surface area contributed by atoms with Gasteiger partial charge in [-0.1, -0.05) is 12.8 Å². The third kappa shape index (κ3) is 5.06. The Balaban J connectivity index is 1.45. The molecule has 0 spiro atoms. The van der Waals surface area contributed by atoms with Gasteiger partial charge in [0.05, 0.1) is 18.5 Å². The largest absolute Gasteiger partial charge is 0.447 e. The molecule has 1 aliphatic heterocycles. The van der Waals surface area contributed by atoms with Crippen LogP contribution in [0.5, 0.6) is 0 Å². The number of carbonyl (C=O) groups is 1. The lowest BCUT2D eigenvalue weighted by atomic mass is 10.2. The maximum atomic E-state index is 11.6. The number of amides is 1. The fourth-order valence-electron chi connectivity index (χ4n) is 3.60. The predicted molar refractivity (Wildman–Crippen MR) is 97.1 cm³/mol. The van der Waals surface area contributed by atoms with Crippen molar-refractivity contribution in [3.05, 3.63) is 18.3 Å². The van der Waals surface area contributed by atoms with Crippen LogP contribution in [0.2, 0.25) is 0 Å². The summed E-state index contributed by atoms with van der Waals surface area (Å²) in [6.45, 7) is 4.86. The van der Waals surface area contributed by atoms with Gasteiger partial charge in [-0.25, -0.2) is 9.78 Å². The first-order chi connectivity index (χ1) is 12.3. The Hall–Kier alpha value is -1.86. The molecule has 1 aromatic heterocycles. The molecule has 1 N–H and O–H groups in total. The van der Waals surface area contributed by atoms with Gasteiger partial charge in [-0.3, -0.25) is 10.2 Å². The van der Waals surface area contributed by atoms with E-state index >= 15 is 0 Å². The molecule has 1 amide bonds. The van der Waals surface area contributed by atoms with Crippen LogP contribution in [0.3, 0.4) is 0 Å². The minimum absolute atomic E-state index is 0.235. The van der Waals surface area contributed by atoms with Crippen LogP contribution in [0, 0.1) is 0 Å². The lowest BCUT2D eigenvalue weighted by Crippen LogP contribution is -2.49. The average Bonchev–Trinajstić information content (AvgIpc) is 3.17. The van der Waals surface area contributed by atoms with Crippen molar-refractivity contribution in [1.29, 1.82) is 0 Å². The molecular formula is C18H28N4O3. The zero-order valence-electron chi connectivity index (χ0n) is 14.9. The second-order valence-corrected chi connectivity index (χ2v) is 6.62. The third-order valence-electron chi connectivity index (χ3n) is 4.99. The standard InChI is InChI=1S/C18H28N4O3/c1-24-12-13-25-18(23)20-15-6-7-17(19-14-15)22-10-8-21(9-11-22)16-4-2-3-5-16/h6-7,14,16H,2-5,8-13H2,1H3,(H,20,23). The minimum Gasteiger partial charge on any atom is -0.447 e. The number of nitrogens with zero attached hydrogens (tertiary/aromatic N) is 3. The summed E-state index contributed by atoms with van der Waals surface area (Å²) in [5.74, 6) is 0.962. The molecule has 0 unspecified atom stereocenters. The van der Waals surface area contributed by atoms with Crippen LogP contribution in [0.1, 0.15) is 25.7 Å². The molecule has 0 bridgehead atoms. The van der Waals surface area contributed by atoms with Crippen LogP contribution < -0.4 is 10.2 Å². The van der Waals surface area contributed by atoms with Gasteiger partial charge in [0.1, 0.15) is 12.4 Å². The molecule has 1 saturated heterocycles. The maximum absolute atomic E-state index is 11.6. The highest BCUT2D eigenvalue weighted by Crippen LogP contribution is 2.25. The summed E-state index contributed by atoms with van der Waals surface area (Å²) in [7, 11) is 1.57. The first kappa shape index (κ1) is 17.9. The van der Waals surface area contributed by atoms with Crippen LogP contribution in [0.4, 0.5) is 16.3 Å². The quantitative estimate of drug-likeness (QED) is 0.796. The second-order valence-electron chi connectivity index (χ2n) is 6.62. The van der Waals surface area contributed by atoms with Gasteiger partial charge in [-0.2, -0.15) is 0 Å². The number of nitrogens with one attached hydrogen (secondary N) is 1. The molecule has 25 heavy (non-hydrogen) atoms. The van der Waals surface area contributed by atoms with E-state index in [-0.39, 0.29) is 6.61 Å². The predicted octanol–water partition coefficient (Wildman–Crippen LogP) is 2.34. The Kier molecular flexibility index (Phi) is 6.47. The van der Waals surface area contributed by atoms with Crippen molar-refractivity contribution in [2.24, 2.45) is 0 Å². The molecule has 0 radical (unpaired) electrons. The molecule has 7 nitrogen and oxygen atoms in total. The topological polar surface area (TPSA) is 66.9 Å². The number of hydrogen-bond acceptors (Lipinski definition) is 6. The van der Waals surface area contributed by atoms with Crippen molar-refractivity contribution in [2.45, 2.75) is 31.7 Å². The van der Waals surface area contributed by atoms with Crippen LogP contribution >= 0.6 is 0 Å². The number of anilines is 2. The summed E-state index contributed by atoms with van der Waals surface area (Å²) in [4.78, 5) is 21.0. The van der Waals surface area contributed by atoms with Crippen molar-refractivity contribution in [3.8, 4) is 0 Å². The molecule has 7 heteroatoms. The fourth-order valence-corrected chi connectivity index (χ4v) is 3.60. The van der Waals surface area contributed by atoms with Crippen molar-refractivity contribution in [3.63, 3.8) is 0 Å². The summed E-state index contributed by atoms with van der Waals surface area (Å²) >= 11 is 0. The summed E-state index contributed by atoms with van der Waals surface area (Å²) in [6, 6.07) is 4.62. The van der Waals surface area contributed by atoms with Crippen molar-refractivity contribution >= 4 is 17.6 Å². The molecule has 2 heterocycles. The molecule has 2 aliphatic rings. The number of pyridine rings is 1. The number of hydrogen-bond donors (Lipinski definition) is 1. The molecule has 1 saturated carbocycles. The number of piperazine rings is 1. The summed E-state index contributed by atoms with van der Waals surface area (Å²) in [5, 5.41) is 2.67. The SMILES string of the molecule is COCCOC(=O)Nc1ccc(N2CCN(C3CCCC3)CC2)nc1. The van der Waals surface area contributed by atoms with Crippen molar-refractivity contribution in [2.75, 3.05) is 56.7 Å². The van der Waals surface area contributed by atoms with Gasteiger partial charge in [-0.15, -0.1) is 0 Å². The molecule has 2 fully saturated rings. The fraction of sp³-hybridized carbons (Fsp3) is 0.667. The highest BCUT2D eigenvalue weighted by Gasteiger charge is 2.26. The maximum Gasteiger partial charge on any atom is 0.411 e. The van der Waals surface area contributed by atoms with E-state index in [9.17, 15) is 4.79 Å². The van der Waals surface area contributed by atoms with E-state index in [2.05, 4.69) is 20.1 Å². The number of carbonyl (C=O) groups excluding carboxylic acids is 1. The number of rotatable bonds is 6. The lowest BCUT2D eigenvalue weighted by molar-refractivity contribution is 0.107. The van der Waals surface area contributed by atoms with Crippen molar-refractivity contribution < 1.29 is 14.3 Å². The Labute approximate surface area is 149 Å². The van der Waals surface area contributed by atoms with E-state index in [0.29, 0.717) is 12.3 Å². The zero-order valence-corrected chi connectivity index (χ0v) is 14.9. The zero-order chi connectivity index (χ0) is 17.5. The van der Waals surface area contributed by atoms with Gasteiger partial charge in [0.2, 0.25) is 0 Å². The number of ether oxygens (including phenoxy) is 2. The van der Waals surface area contributed by atoms with E-state index in [1.54, 1.807) is 13.3 Å². The normalized spacial score (nSPS) is 19.2. The lowest BCUT2D eigenvalue weighted by Gasteiger charge is -2.38. The number of aromatic nitrogens is 1. The first-order valence-electron chi connectivity index (χ1n) is 9.14. The van der Waals surface area contributed by atoms with Crippen LogP contribution in [0.15, 0.2) is 18.3 Å². The summed E-state index contributed by atoms with van der Waals surface area (Å²) in [5.41, 5.74) is 0.635. The average molecular weight is 348 g/mol. The van der Waals surface area contributed by atoms with Gasteiger partial charge in [0, 0.05) is 39.3 Å². The molecule has 3 rings (SSSR count). The molecule has 1 aliphatic carbocycles. The molecular weight excluding hydrogens is 320 g/mol. The second kappa shape index (κ2) is 9.01. The van der Waals surface area contributed by atoms with E-state index in [4.69, 9.17) is 9.47 Å². The number of methoxy groups -OCH3 is 1. The summed E-state index contributed by atoms with van der Waals surface area (Å²) in [6.07, 6.45) is 6.68. The van der Waals surface area contributed by atoms with Crippen LogP contribution in [-0.4, -0.2) is 68.5 Å². The molecule has 0 aromatic carbocycles. The monoisotopic (exact) mass is 348 g/mol. The molecule has 0 atom stereocenters. The van der Waals surface area contributed by atoms with Crippen molar-refractivity contribution in [1.82, 2.24) is 9.88 Å². The van der Waals surface area contributed by atoms with Gasteiger partial charge in [0.25, 0.3) is 0 Å². The minimum atomic E-state index is -0.489. The first-order valence-corrected chi connectivity index (χ1v) is 9.14. The highest BCUT2D eigenvalue weighted by atomic mass is 16.6. The van der Waals surface area contributed by atoms with Gasteiger partial charge < -0.3 is 14.4 Å². The van der Waals surface area contributed by atoms with E-state index < -0.39 is 6.09 Å². The highest BCUT2D eigenvalue weighted by molar-refractivity contribution is 5.84. The van der Waals surface area contributed by atoms with Gasteiger partial charge in [-0.05, 0) is 25.0 Å². The smallest absolute Gasteiger partial charge is 0.411 e. The Morgan fingerprint density at radius 3 is 2.60 bits per heavy atom. The van der Waals surface area contributed by atoms with E-state index in [0.717, 1.165) is 38.0 Å². The van der Waals surface area contributed by atoms with Gasteiger partial charge >= 0.3 is 6.09 Å². The van der Waals surface area contributed by atoms with Gasteiger partial charge in [0.15, 0.2) is 0 Å². The van der Waals surface area contributed by atoms with E-state index in [1.165, 1.54) is 25.7 Å². The van der Waals surface area contributed by atoms with E-state index in [1.807, 2.05) is 12.1 Å². The van der Waals surface area contributed by atoms with Crippen LogP contribution in [-0.2, 0) is 9.47 Å². The molecule has 138 valence electrons.